The van der Waals surface area contributed by atoms with Crippen LogP contribution >= 0.6 is 0 Å². The molecular formula is C16H26O2. The predicted octanol–water partition coefficient (Wildman–Crippen LogP) is 3.59. The number of fused-ring (bicyclic) bond motifs is 1. The molecule has 0 amide bonds. The van der Waals surface area contributed by atoms with Gasteiger partial charge in [-0.25, -0.2) is 0 Å². The number of carbonyl (C=O) groups is 1. The van der Waals surface area contributed by atoms with Crippen molar-refractivity contribution in [3.8, 4) is 0 Å². The molecule has 0 radical (unpaired) electrons. The van der Waals surface area contributed by atoms with E-state index in [0.717, 1.165) is 19.3 Å². The Balaban J connectivity index is 2.06. The van der Waals surface area contributed by atoms with Gasteiger partial charge < -0.3 is 4.74 Å². The topological polar surface area (TPSA) is 29.6 Å². The molecule has 0 N–H and O–H groups in total. The summed E-state index contributed by atoms with van der Waals surface area (Å²) >= 11 is 0. The van der Waals surface area contributed by atoms with E-state index in [-0.39, 0.29) is 11.0 Å². The molecule has 0 bridgehead atoms. The number of hydrogen-bond acceptors (Lipinski definition) is 2. The average molecular weight is 250 g/mol. The molecule has 2 nitrogen and oxygen atoms in total. The van der Waals surface area contributed by atoms with E-state index in [1.54, 1.807) is 0 Å². The largest absolute Gasteiger partial charge is 0.361 e. The van der Waals surface area contributed by atoms with Gasteiger partial charge in [0.05, 0.1) is 6.61 Å². The van der Waals surface area contributed by atoms with Crippen molar-refractivity contribution in [2.24, 2.45) is 22.2 Å². The Labute approximate surface area is 110 Å². The minimum absolute atomic E-state index is 0.106. The number of ether oxygens (including phenoxy) is 1. The number of Topliss-reactive ketones (excluding diaryl/α,β-unsaturated/α-hetero) is 1. The van der Waals surface area contributed by atoms with E-state index in [9.17, 15) is 4.79 Å². The molecule has 0 aromatic rings. The number of epoxide rings is 1. The summed E-state index contributed by atoms with van der Waals surface area (Å²) in [6, 6.07) is 0. The molecule has 1 aliphatic heterocycles. The molecule has 2 aliphatic carbocycles. The van der Waals surface area contributed by atoms with Crippen LogP contribution in [0.4, 0.5) is 0 Å². The van der Waals surface area contributed by atoms with E-state index < -0.39 is 0 Å². The lowest BCUT2D eigenvalue weighted by Crippen LogP contribution is -2.51. The second-order valence-electron chi connectivity index (χ2n) is 8.66. The molecule has 102 valence electrons. The lowest BCUT2D eigenvalue weighted by Gasteiger charge is -2.54. The Morgan fingerprint density at radius 2 is 1.56 bits per heavy atom. The third-order valence-electron chi connectivity index (χ3n) is 5.67. The first-order valence-corrected chi connectivity index (χ1v) is 7.30. The van der Waals surface area contributed by atoms with Gasteiger partial charge in [0.1, 0.15) is 0 Å². The van der Waals surface area contributed by atoms with E-state index >= 15 is 0 Å². The van der Waals surface area contributed by atoms with Crippen LogP contribution in [0.15, 0.2) is 0 Å². The molecule has 2 saturated carbocycles. The molecule has 0 aromatic heterocycles. The third kappa shape index (κ3) is 1.47. The van der Waals surface area contributed by atoms with Crippen molar-refractivity contribution in [3.63, 3.8) is 0 Å². The maximum atomic E-state index is 12.3. The van der Waals surface area contributed by atoms with Gasteiger partial charge >= 0.3 is 0 Å². The van der Waals surface area contributed by atoms with Crippen molar-refractivity contribution in [1.29, 1.82) is 0 Å². The van der Waals surface area contributed by atoms with Crippen LogP contribution in [0, 0.1) is 22.2 Å². The van der Waals surface area contributed by atoms with Crippen LogP contribution in [0.25, 0.3) is 0 Å². The Bertz CT molecular complexity index is 385. The maximum Gasteiger partial charge on any atom is 0.167 e. The molecule has 2 unspecified atom stereocenters. The maximum absolute atomic E-state index is 12.3. The Kier molecular flexibility index (Phi) is 2.25. The van der Waals surface area contributed by atoms with Crippen molar-refractivity contribution in [1.82, 2.24) is 0 Å². The SMILES string of the molecule is CC1CC(=O)C2(CO2)C12CC(C)(C)CC(C)(C)C2. The zero-order valence-corrected chi connectivity index (χ0v) is 12.4. The molecule has 2 heteroatoms. The summed E-state index contributed by atoms with van der Waals surface area (Å²) in [6.45, 7) is 12.4. The highest BCUT2D eigenvalue weighted by Crippen LogP contribution is 2.69. The van der Waals surface area contributed by atoms with Gasteiger partial charge in [0.2, 0.25) is 0 Å². The summed E-state index contributed by atoms with van der Waals surface area (Å²) in [4.78, 5) is 12.3. The highest BCUT2D eigenvalue weighted by Gasteiger charge is 2.74. The summed E-state index contributed by atoms with van der Waals surface area (Å²) in [5.41, 5.74) is 0.357. The van der Waals surface area contributed by atoms with Gasteiger partial charge in [-0.1, -0.05) is 34.6 Å². The predicted molar refractivity (Wildman–Crippen MR) is 71.3 cm³/mol. The summed E-state index contributed by atoms with van der Waals surface area (Å²) in [6.07, 6.45) is 4.28. The van der Waals surface area contributed by atoms with Gasteiger partial charge in [0, 0.05) is 11.8 Å². The van der Waals surface area contributed by atoms with Crippen molar-refractivity contribution < 1.29 is 9.53 Å². The summed E-state index contributed by atoms with van der Waals surface area (Å²) in [7, 11) is 0. The second-order valence-corrected chi connectivity index (χ2v) is 8.66. The first-order chi connectivity index (χ1) is 8.13. The Morgan fingerprint density at radius 1 is 1.06 bits per heavy atom. The summed E-state index contributed by atoms with van der Waals surface area (Å²) in [5, 5.41) is 0. The standard InChI is InChI=1S/C16H26O2/c1-11-6-12(17)16(10-18-16)15(11)8-13(2,3)7-14(4,5)9-15/h11H,6-10H2,1-5H3. The molecule has 18 heavy (non-hydrogen) atoms. The van der Waals surface area contributed by atoms with Crippen LogP contribution in [0.3, 0.4) is 0 Å². The highest BCUT2D eigenvalue weighted by molar-refractivity contribution is 5.93. The smallest absolute Gasteiger partial charge is 0.167 e. The van der Waals surface area contributed by atoms with Crippen LogP contribution < -0.4 is 0 Å². The van der Waals surface area contributed by atoms with Crippen LogP contribution in [0.2, 0.25) is 0 Å². The number of rotatable bonds is 0. The lowest BCUT2D eigenvalue weighted by atomic mass is 9.50. The third-order valence-corrected chi connectivity index (χ3v) is 5.67. The van der Waals surface area contributed by atoms with Crippen LogP contribution in [0.5, 0.6) is 0 Å². The zero-order chi connectivity index (χ0) is 13.4. The van der Waals surface area contributed by atoms with Crippen LogP contribution in [-0.2, 0) is 9.53 Å². The second kappa shape index (κ2) is 3.20. The molecule has 3 rings (SSSR count). The first kappa shape index (κ1) is 12.7. The van der Waals surface area contributed by atoms with E-state index in [4.69, 9.17) is 4.74 Å². The van der Waals surface area contributed by atoms with Crippen LogP contribution in [0.1, 0.15) is 60.3 Å². The van der Waals surface area contributed by atoms with E-state index in [2.05, 4.69) is 34.6 Å². The van der Waals surface area contributed by atoms with Crippen molar-refractivity contribution in [2.45, 2.75) is 65.9 Å². The van der Waals surface area contributed by atoms with Crippen molar-refractivity contribution in [2.75, 3.05) is 6.61 Å². The summed E-state index contributed by atoms with van der Waals surface area (Å²) < 4.78 is 5.77. The molecule has 1 heterocycles. The Hall–Kier alpha value is -0.370. The van der Waals surface area contributed by atoms with Gasteiger partial charge in [0.15, 0.2) is 11.4 Å². The fourth-order valence-electron chi connectivity index (χ4n) is 5.66. The molecule has 2 atom stereocenters. The Morgan fingerprint density at radius 3 is 2.00 bits per heavy atom. The number of ketones is 1. The van der Waals surface area contributed by atoms with Crippen LogP contribution in [-0.4, -0.2) is 18.0 Å². The van der Waals surface area contributed by atoms with Gasteiger partial charge in [-0.05, 0) is 36.0 Å². The van der Waals surface area contributed by atoms with Gasteiger partial charge in [-0.15, -0.1) is 0 Å². The normalized spacial score (nSPS) is 43.6. The lowest BCUT2D eigenvalue weighted by molar-refractivity contribution is -0.127. The minimum Gasteiger partial charge on any atom is -0.361 e. The van der Waals surface area contributed by atoms with E-state index in [1.807, 2.05) is 0 Å². The average Bonchev–Trinajstić information content (AvgIpc) is 2.89. The monoisotopic (exact) mass is 250 g/mol. The molecule has 0 aromatic carbocycles. The summed E-state index contributed by atoms with van der Waals surface area (Å²) in [5.74, 6) is 0.856. The van der Waals surface area contributed by atoms with E-state index in [1.165, 1.54) is 6.42 Å². The highest BCUT2D eigenvalue weighted by atomic mass is 16.6. The fraction of sp³-hybridized carbons (Fsp3) is 0.938. The fourth-order valence-corrected chi connectivity index (χ4v) is 5.66. The van der Waals surface area contributed by atoms with Gasteiger partial charge in [-0.2, -0.15) is 0 Å². The van der Waals surface area contributed by atoms with E-state index in [0.29, 0.717) is 29.1 Å². The number of carbonyl (C=O) groups excluding carboxylic acids is 1. The zero-order valence-electron chi connectivity index (χ0n) is 12.4. The minimum atomic E-state index is -0.388. The molecule has 2 spiro atoms. The molecule has 3 aliphatic rings. The van der Waals surface area contributed by atoms with Gasteiger partial charge in [0.25, 0.3) is 0 Å². The first-order valence-electron chi connectivity index (χ1n) is 7.30. The molecule has 3 fully saturated rings. The molecular weight excluding hydrogens is 224 g/mol. The quantitative estimate of drug-likeness (QED) is 0.615. The van der Waals surface area contributed by atoms with Crippen molar-refractivity contribution >= 4 is 5.78 Å². The van der Waals surface area contributed by atoms with Crippen molar-refractivity contribution in [3.05, 3.63) is 0 Å². The molecule has 1 saturated heterocycles. The number of hydrogen-bond donors (Lipinski definition) is 0. The van der Waals surface area contributed by atoms with Gasteiger partial charge in [-0.3, -0.25) is 4.79 Å².